The molecule has 0 radical (unpaired) electrons. The number of carbonyl (C=O) groups is 1. The molecule has 0 saturated heterocycles. The Labute approximate surface area is 150 Å². The summed E-state index contributed by atoms with van der Waals surface area (Å²) in [6.45, 7) is 2.08. The van der Waals surface area contributed by atoms with Gasteiger partial charge in [0.15, 0.2) is 11.5 Å². The highest BCUT2D eigenvalue weighted by molar-refractivity contribution is 6.16. The van der Waals surface area contributed by atoms with E-state index < -0.39 is 0 Å². The number of nitrogens with one attached hydrogen (secondary N) is 1. The van der Waals surface area contributed by atoms with E-state index >= 15 is 0 Å². The molecule has 3 aromatic rings. The Balaban J connectivity index is 0.000000447. The number of para-hydroxylation sites is 2. The fourth-order valence-corrected chi connectivity index (χ4v) is 2.52. The average Bonchev–Trinajstić information content (AvgIpc) is 2.85. The lowest BCUT2D eigenvalue weighted by Gasteiger charge is -2.09. The summed E-state index contributed by atoms with van der Waals surface area (Å²) in [5.41, 5.74) is 6.23. The van der Waals surface area contributed by atoms with E-state index in [1.807, 2.05) is 30.3 Å². The number of pyridine rings is 1. The third-order valence-corrected chi connectivity index (χ3v) is 3.73. The smallest absolute Gasteiger partial charge is 0.230 e. The summed E-state index contributed by atoms with van der Waals surface area (Å²) in [5, 5.41) is 7.26. The van der Waals surface area contributed by atoms with Gasteiger partial charge in [-0.2, -0.15) is 0 Å². The third-order valence-electron chi connectivity index (χ3n) is 3.73. The van der Waals surface area contributed by atoms with Crippen molar-refractivity contribution in [1.29, 1.82) is 0 Å². The van der Waals surface area contributed by atoms with E-state index in [0.29, 0.717) is 0 Å². The Morgan fingerprint density at radius 3 is 2.50 bits per heavy atom. The molecular formula is C20H17N3O3. The van der Waals surface area contributed by atoms with Gasteiger partial charge in [0.25, 0.3) is 0 Å². The summed E-state index contributed by atoms with van der Waals surface area (Å²) >= 11 is 0. The van der Waals surface area contributed by atoms with Crippen molar-refractivity contribution in [3.05, 3.63) is 83.7 Å². The lowest BCUT2D eigenvalue weighted by atomic mass is 10.0. The quantitative estimate of drug-likeness (QED) is 0.328. The number of rotatable bonds is 2. The Morgan fingerprint density at radius 2 is 1.77 bits per heavy atom. The van der Waals surface area contributed by atoms with Crippen molar-refractivity contribution in [2.24, 2.45) is 4.99 Å². The monoisotopic (exact) mass is 347 g/mol. The number of benzene rings is 2. The predicted molar refractivity (Wildman–Crippen MR) is 98.2 cm³/mol. The number of fused-ring (bicyclic) bond motifs is 2. The predicted octanol–water partition coefficient (Wildman–Crippen LogP) is 3.79. The molecule has 0 unspecified atom stereocenters. The van der Waals surface area contributed by atoms with Gasteiger partial charge in [-0.3, -0.25) is 15.0 Å². The molecule has 6 heteroatoms. The van der Waals surface area contributed by atoms with E-state index in [1.165, 1.54) is 11.0 Å². The zero-order valence-corrected chi connectivity index (χ0v) is 14.1. The van der Waals surface area contributed by atoms with Crippen molar-refractivity contribution in [3.8, 4) is 11.5 Å². The van der Waals surface area contributed by atoms with Crippen LogP contribution in [0.2, 0.25) is 0 Å². The number of amides is 1. The fourth-order valence-electron chi connectivity index (χ4n) is 2.52. The maximum atomic E-state index is 8.81. The van der Waals surface area contributed by atoms with Crippen LogP contribution < -0.4 is 10.2 Å². The first-order valence-electron chi connectivity index (χ1n) is 7.93. The van der Waals surface area contributed by atoms with E-state index in [2.05, 4.69) is 36.2 Å². The van der Waals surface area contributed by atoms with Gasteiger partial charge in [0.05, 0.1) is 11.9 Å². The standard InChI is InChI=1S/C19H14N2O.CH3NO2/c1-13-6-8-14(9-7-13)19-15-10-11-20-12-18(15)22-17-5-3-2-4-16(17)21-19;3-1-2-4/h2-12H,1H3;1,4H,(H,2,3). The number of ether oxygens (including phenoxy) is 1. The first kappa shape index (κ1) is 17.3. The van der Waals surface area contributed by atoms with Crippen molar-refractivity contribution in [3.63, 3.8) is 0 Å². The second kappa shape index (κ2) is 8.04. The van der Waals surface area contributed by atoms with E-state index in [-0.39, 0.29) is 6.41 Å². The van der Waals surface area contributed by atoms with Gasteiger partial charge in [-0.15, -0.1) is 0 Å². The molecule has 1 aromatic heterocycles. The van der Waals surface area contributed by atoms with Crippen LogP contribution in [0.3, 0.4) is 0 Å². The molecular weight excluding hydrogens is 330 g/mol. The highest BCUT2D eigenvalue weighted by Crippen LogP contribution is 2.37. The number of aliphatic imine (C=N–C) groups is 1. The number of hydroxylamine groups is 1. The lowest BCUT2D eigenvalue weighted by Crippen LogP contribution is -2.03. The summed E-state index contributed by atoms with van der Waals surface area (Å²) in [5.74, 6) is 1.48. The number of nitrogens with zero attached hydrogens (tertiary/aromatic N) is 2. The van der Waals surface area contributed by atoms with Crippen LogP contribution in [0, 0.1) is 6.92 Å². The topological polar surface area (TPSA) is 83.8 Å². The molecule has 0 aliphatic carbocycles. The van der Waals surface area contributed by atoms with Crippen LogP contribution in [0.15, 0.2) is 72.0 Å². The maximum absolute atomic E-state index is 8.81. The number of aryl methyl sites for hydroxylation is 1. The first-order valence-corrected chi connectivity index (χ1v) is 7.93. The molecule has 1 aliphatic heterocycles. The molecule has 0 bridgehead atoms. The minimum absolute atomic E-state index is 0.181. The van der Waals surface area contributed by atoms with Gasteiger partial charge in [-0.1, -0.05) is 42.0 Å². The molecule has 6 nitrogen and oxygen atoms in total. The molecule has 2 aromatic carbocycles. The zero-order valence-electron chi connectivity index (χ0n) is 14.1. The van der Waals surface area contributed by atoms with E-state index in [9.17, 15) is 0 Å². The van der Waals surface area contributed by atoms with Crippen LogP contribution in [-0.4, -0.2) is 22.3 Å². The van der Waals surface area contributed by atoms with Gasteiger partial charge in [-0.25, -0.2) is 10.5 Å². The van der Waals surface area contributed by atoms with Gasteiger partial charge in [0.2, 0.25) is 6.41 Å². The molecule has 2 heterocycles. The average molecular weight is 347 g/mol. The van der Waals surface area contributed by atoms with E-state index in [0.717, 1.165) is 34.0 Å². The molecule has 0 fully saturated rings. The third kappa shape index (κ3) is 3.76. The van der Waals surface area contributed by atoms with Crippen LogP contribution in [0.25, 0.3) is 0 Å². The van der Waals surface area contributed by atoms with Crippen LogP contribution in [0.4, 0.5) is 5.69 Å². The molecule has 4 rings (SSSR count). The van der Waals surface area contributed by atoms with Crippen LogP contribution >= 0.6 is 0 Å². The Bertz CT molecular complexity index is 937. The van der Waals surface area contributed by atoms with Gasteiger partial charge in [0, 0.05) is 17.3 Å². The summed E-state index contributed by atoms with van der Waals surface area (Å²) in [4.78, 5) is 17.8. The minimum atomic E-state index is 0.181. The Hall–Kier alpha value is -3.51. The van der Waals surface area contributed by atoms with Gasteiger partial charge < -0.3 is 4.74 Å². The molecule has 2 N–H and O–H groups in total. The highest BCUT2D eigenvalue weighted by atomic mass is 16.5. The number of hydrogen-bond donors (Lipinski definition) is 2. The second-order valence-corrected chi connectivity index (χ2v) is 5.52. The van der Waals surface area contributed by atoms with Crippen molar-refractivity contribution in [2.45, 2.75) is 6.92 Å². The van der Waals surface area contributed by atoms with Gasteiger partial charge >= 0.3 is 0 Å². The van der Waals surface area contributed by atoms with Crippen molar-refractivity contribution in [1.82, 2.24) is 10.5 Å². The number of aromatic nitrogens is 1. The molecule has 1 amide bonds. The van der Waals surface area contributed by atoms with Crippen molar-refractivity contribution in [2.75, 3.05) is 0 Å². The van der Waals surface area contributed by atoms with Crippen LogP contribution in [0.1, 0.15) is 16.7 Å². The maximum Gasteiger partial charge on any atom is 0.230 e. The molecule has 26 heavy (non-hydrogen) atoms. The summed E-state index contributed by atoms with van der Waals surface area (Å²) in [7, 11) is 0. The SMILES string of the molecule is Cc1ccc(C2=Nc3ccccc3Oc3cnccc32)cc1.O=CNO. The largest absolute Gasteiger partial charge is 0.453 e. The van der Waals surface area contributed by atoms with Gasteiger partial charge in [0.1, 0.15) is 5.69 Å². The lowest BCUT2D eigenvalue weighted by molar-refractivity contribution is -0.116. The van der Waals surface area contributed by atoms with Crippen molar-refractivity contribution >= 4 is 17.8 Å². The second-order valence-electron chi connectivity index (χ2n) is 5.52. The Kier molecular flexibility index (Phi) is 5.36. The van der Waals surface area contributed by atoms with Crippen LogP contribution in [-0.2, 0) is 4.79 Å². The zero-order chi connectivity index (χ0) is 18.4. The summed E-state index contributed by atoms with van der Waals surface area (Å²) < 4.78 is 6.00. The van der Waals surface area contributed by atoms with Crippen LogP contribution in [0.5, 0.6) is 11.5 Å². The molecule has 1 aliphatic rings. The molecule has 0 saturated carbocycles. The summed E-state index contributed by atoms with van der Waals surface area (Å²) in [6.07, 6.45) is 3.68. The molecule has 0 atom stereocenters. The van der Waals surface area contributed by atoms with E-state index in [1.54, 1.807) is 12.4 Å². The Morgan fingerprint density at radius 1 is 1.04 bits per heavy atom. The highest BCUT2D eigenvalue weighted by Gasteiger charge is 2.19. The number of carbonyl (C=O) groups excluding carboxylic acids is 1. The van der Waals surface area contributed by atoms with E-state index in [4.69, 9.17) is 19.7 Å². The minimum Gasteiger partial charge on any atom is -0.453 e. The molecule has 0 spiro atoms. The normalized spacial score (nSPS) is 11.4. The fraction of sp³-hybridized carbons (Fsp3) is 0.0500. The van der Waals surface area contributed by atoms with Gasteiger partial charge in [-0.05, 0) is 25.1 Å². The van der Waals surface area contributed by atoms with Crippen molar-refractivity contribution < 1.29 is 14.7 Å². The molecule has 130 valence electrons. The first-order chi connectivity index (χ1) is 12.7. The number of hydrogen-bond acceptors (Lipinski definition) is 5. The summed E-state index contributed by atoms with van der Waals surface area (Å²) in [6, 6.07) is 18.1.